The molecule has 0 aliphatic rings. The number of hydrogen-bond donors (Lipinski definition) is 1. The van der Waals surface area contributed by atoms with Crippen molar-refractivity contribution in [3.05, 3.63) is 65.4 Å². The van der Waals surface area contributed by atoms with Crippen LogP contribution in [0.2, 0.25) is 0 Å². The van der Waals surface area contributed by atoms with Gasteiger partial charge in [-0.05, 0) is 44.8 Å². The zero-order chi connectivity index (χ0) is 18.7. The molecule has 1 unspecified atom stereocenters. The molecule has 1 N–H and O–H groups in total. The molecule has 5 nitrogen and oxygen atoms in total. The normalized spacial score (nSPS) is 12.3. The summed E-state index contributed by atoms with van der Waals surface area (Å²) in [4.78, 5) is 14.7. The first-order valence-electron chi connectivity index (χ1n) is 8.58. The molecule has 0 fully saturated rings. The zero-order valence-electron chi connectivity index (χ0n) is 15.6. The van der Waals surface area contributed by atoms with Gasteiger partial charge >= 0.3 is 0 Å². The summed E-state index contributed by atoms with van der Waals surface area (Å²) in [6.45, 7) is 2.39. The number of carbonyl (C=O) groups excluding carboxylic acids is 1. The molecule has 0 bridgehead atoms. The van der Waals surface area contributed by atoms with E-state index < -0.39 is 0 Å². The fraction of sp³-hybridized carbons (Fsp3) is 0.286. The van der Waals surface area contributed by atoms with Crippen LogP contribution >= 0.6 is 0 Å². The molecule has 5 heteroatoms. The Labute approximate surface area is 153 Å². The van der Waals surface area contributed by atoms with Crippen LogP contribution in [-0.4, -0.2) is 38.6 Å². The van der Waals surface area contributed by atoms with E-state index in [0.29, 0.717) is 12.3 Å². The molecule has 0 saturated heterocycles. The average Bonchev–Trinajstić information content (AvgIpc) is 2.99. The number of fused-ring (bicyclic) bond motifs is 1. The highest BCUT2D eigenvalue weighted by Gasteiger charge is 2.20. The first-order chi connectivity index (χ1) is 12.5. The Morgan fingerprint density at radius 3 is 2.46 bits per heavy atom. The van der Waals surface area contributed by atoms with Gasteiger partial charge < -0.3 is 19.4 Å². The molecule has 2 aromatic carbocycles. The predicted octanol–water partition coefficient (Wildman–Crippen LogP) is 3.78. The Balaban J connectivity index is 1.75. The van der Waals surface area contributed by atoms with Crippen molar-refractivity contribution < 1.29 is 13.9 Å². The number of likely N-dealkylation sites (N-methyl/N-ethyl adjacent to an activating group) is 1. The number of ether oxygens (including phenoxy) is 1. The maximum absolute atomic E-state index is 12.7. The second-order valence-corrected chi connectivity index (χ2v) is 6.51. The van der Waals surface area contributed by atoms with E-state index in [1.54, 1.807) is 7.11 Å². The second kappa shape index (κ2) is 7.62. The van der Waals surface area contributed by atoms with Gasteiger partial charge in [0.15, 0.2) is 5.76 Å². The van der Waals surface area contributed by atoms with Gasteiger partial charge in [0.05, 0.1) is 13.2 Å². The van der Waals surface area contributed by atoms with Crippen LogP contribution in [0.4, 0.5) is 0 Å². The van der Waals surface area contributed by atoms with Crippen LogP contribution in [-0.2, 0) is 0 Å². The molecule has 0 radical (unpaired) electrons. The Kier molecular flexibility index (Phi) is 5.28. The SMILES string of the molecule is COc1ccc(C(CNC(=O)c2oc3ccccc3c2C)N(C)C)cc1. The van der Waals surface area contributed by atoms with Gasteiger partial charge in [-0.2, -0.15) is 0 Å². The highest BCUT2D eigenvalue weighted by Crippen LogP contribution is 2.25. The molecule has 1 atom stereocenters. The van der Waals surface area contributed by atoms with Crippen molar-refractivity contribution >= 4 is 16.9 Å². The van der Waals surface area contributed by atoms with Gasteiger partial charge in [0.2, 0.25) is 0 Å². The van der Waals surface area contributed by atoms with Crippen molar-refractivity contribution in [1.82, 2.24) is 10.2 Å². The second-order valence-electron chi connectivity index (χ2n) is 6.51. The molecule has 0 aliphatic carbocycles. The third-order valence-electron chi connectivity index (χ3n) is 4.63. The molecule has 136 valence electrons. The Bertz CT molecular complexity index is 897. The van der Waals surface area contributed by atoms with Gasteiger partial charge in [0, 0.05) is 17.5 Å². The van der Waals surface area contributed by atoms with E-state index in [1.165, 1.54) is 0 Å². The average molecular weight is 352 g/mol. The van der Waals surface area contributed by atoms with Gasteiger partial charge in [-0.1, -0.05) is 30.3 Å². The molecule has 3 aromatic rings. The number of methoxy groups -OCH3 is 1. The monoisotopic (exact) mass is 352 g/mol. The van der Waals surface area contributed by atoms with E-state index in [-0.39, 0.29) is 11.9 Å². The Hall–Kier alpha value is -2.79. The minimum Gasteiger partial charge on any atom is -0.497 e. The molecule has 0 saturated carbocycles. The van der Waals surface area contributed by atoms with Crippen molar-refractivity contribution in [1.29, 1.82) is 0 Å². The van der Waals surface area contributed by atoms with Crippen LogP contribution in [0.15, 0.2) is 52.9 Å². The van der Waals surface area contributed by atoms with Gasteiger partial charge in [-0.3, -0.25) is 4.79 Å². The molecule has 1 amide bonds. The molecule has 1 heterocycles. The number of nitrogens with zero attached hydrogens (tertiary/aromatic N) is 1. The summed E-state index contributed by atoms with van der Waals surface area (Å²) in [7, 11) is 5.63. The summed E-state index contributed by atoms with van der Waals surface area (Å²) in [5, 5.41) is 3.97. The lowest BCUT2D eigenvalue weighted by atomic mass is 10.1. The Morgan fingerprint density at radius 2 is 1.85 bits per heavy atom. The largest absolute Gasteiger partial charge is 0.497 e. The number of hydrogen-bond acceptors (Lipinski definition) is 4. The number of aryl methyl sites for hydroxylation is 1. The van der Waals surface area contributed by atoms with Crippen LogP contribution in [0.3, 0.4) is 0 Å². The molecule has 26 heavy (non-hydrogen) atoms. The minimum absolute atomic E-state index is 0.0505. The number of nitrogens with one attached hydrogen (secondary N) is 1. The van der Waals surface area contributed by atoms with E-state index in [2.05, 4.69) is 10.2 Å². The summed E-state index contributed by atoms with van der Waals surface area (Å²) in [5.41, 5.74) is 2.70. The van der Waals surface area contributed by atoms with Crippen molar-refractivity contribution in [2.75, 3.05) is 27.7 Å². The number of amides is 1. The van der Waals surface area contributed by atoms with Gasteiger partial charge in [-0.15, -0.1) is 0 Å². The van der Waals surface area contributed by atoms with Gasteiger partial charge in [-0.25, -0.2) is 0 Å². The van der Waals surface area contributed by atoms with E-state index >= 15 is 0 Å². The third kappa shape index (κ3) is 3.58. The summed E-state index contributed by atoms with van der Waals surface area (Å²) in [6, 6.07) is 15.6. The first-order valence-corrected chi connectivity index (χ1v) is 8.58. The summed E-state index contributed by atoms with van der Waals surface area (Å²) >= 11 is 0. The Morgan fingerprint density at radius 1 is 1.15 bits per heavy atom. The van der Waals surface area contributed by atoms with E-state index in [4.69, 9.17) is 9.15 Å². The lowest BCUT2D eigenvalue weighted by Gasteiger charge is -2.25. The summed E-state index contributed by atoms with van der Waals surface area (Å²) in [5.74, 6) is 0.991. The van der Waals surface area contributed by atoms with Crippen LogP contribution in [0.1, 0.15) is 27.7 Å². The highest BCUT2D eigenvalue weighted by molar-refractivity contribution is 5.98. The number of furan rings is 1. The standard InChI is InChI=1S/C21H24N2O3/c1-14-17-7-5-6-8-19(17)26-20(14)21(24)22-13-18(23(2)3)15-9-11-16(25-4)12-10-15/h5-12,18H,13H2,1-4H3,(H,22,24). The number of carbonyl (C=O) groups is 1. The van der Waals surface area contributed by atoms with Crippen LogP contribution in [0, 0.1) is 6.92 Å². The molecular formula is C21H24N2O3. The fourth-order valence-corrected chi connectivity index (χ4v) is 3.09. The molecule has 1 aromatic heterocycles. The summed E-state index contributed by atoms with van der Waals surface area (Å²) < 4.78 is 11.0. The summed E-state index contributed by atoms with van der Waals surface area (Å²) in [6.07, 6.45) is 0. The molecule has 0 aliphatic heterocycles. The lowest BCUT2D eigenvalue weighted by Crippen LogP contribution is -2.34. The smallest absolute Gasteiger partial charge is 0.287 e. The zero-order valence-corrected chi connectivity index (χ0v) is 15.6. The molecule has 0 spiro atoms. The fourth-order valence-electron chi connectivity index (χ4n) is 3.09. The third-order valence-corrected chi connectivity index (χ3v) is 4.63. The van der Waals surface area contributed by atoms with Crippen molar-refractivity contribution in [2.24, 2.45) is 0 Å². The minimum atomic E-state index is -0.195. The van der Waals surface area contributed by atoms with E-state index in [9.17, 15) is 4.79 Å². The number of benzene rings is 2. The first kappa shape index (κ1) is 18.0. The van der Waals surface area contributed by atoms with Crippen LogP contribution in [0.25, 0.3) is 11.0 Å². The number of para-hydroxylation sites is 1. The van der Waals surface area contributed by atoms with E-state index in [0.717, 1.165) is 27.8 Å². The van der Waals surface area contributed by atoms with Gasteiger partial charge in [0.1, 0.15) is 11.3 Å². The maximum Gasteiger partial charge on any atom is 0.287 e. The maximum atomic E-state index is 12.7. The predicted molar refractivity (Wildman–Crippen MR) is 103 cm³/mol. The van der Waals surface area contributed by atoms with E-state index in [1.807, 2.05) is 69.6 Å². The van der Waals surface area contributed by atoms with Crippen LogP contribution < -0.4 is 10.1 Å². The van der Waals surface area contributed by atoms with Gasteiger partial charge in [0.25, 0.3) is 5.91 Å². The highest BCUT2D eigenvalue weighted by atomic mass is 16.5. The molecule has 3 rings (SSSR count). The molecular weight excluding hydrogens is 328 g/mol. The lowest BCUT2D eigenvalue weighted by molar-refractivity contribution is 0.0915. The van der Waals surface area contributed by atoms with Crippen molar-refractivity contribution in [2.45, 2.75) is 13.0 Å². The van der Waals surface area contributed by atoms with Crippen LogP contribution in [0.5, 0.6) is 5.75 Å². The van der Waals surface area contributed by atoms with Crippen molar-refractivity contribution in [3.63, 3.8) is 0 Å². The van der Waals surface area contributed by atoms with Crippen molar-refractivity contribution in [3.8, 4) is 5.75 Å². The number of rotatable bonds is 6. The topological polar surface area (TPSA) is 54.7 Å². The quantitative estimate of drug-likeness (QED) is 0.733.